The van der Waals surface area contributed by atoms with E-state index in [2.05, 4.69) is 15.0 Å². The zero-order valence-electron chi connectivity index (χ0n) is 9.80. The summed E-state index contributed by atoms with van der Waals surface area (Å²) in [7, 11) is 1.39. The number of oxime groups is 1. The molecule has 0 atom stereocenters. The summed E-state index contributed by atoms with van der Waals surface area (Å²) in [5.41, 5.74) is 5.68. The summed E-state index contributed by atoms with van der Waals surface area (Å²) < 4.78 is 5.02. The number of unbranched alkanes of at least 4 members (excludes halogenated alkanes) is 1. The Balaban J connectivity index is 2.62. The first kappa shape index (κ1) is 13.4. The van der Waals surface area contributed by atoms with Crippen LogP contribution < -0.4 is 10.5 Å². The normalized spacial score (nSPS) is 11.3. The molecule has 17 heavy (non-hydrogen) atoms. The second-order valence-electron chi connectivity index (χ2n) is 3.24. The van der Waals surface area contributed by atoms with Crippen LogP contribution in [0.5, 0.6) is 5.88 Å². The fourth-order valence-corrected chi connectivity index (χ4v) is 1.58. The van der Waals surface area contributed by atoms with Crippen molar-refractivity contribution in [3.8, 4) is 5.88 Å². The molecule has 0 aliphatic heterocycles. The lowest BCUT2D eigenvalue weighted by Gasteiger charge is -2.03. The first-order chi connectivity index (χ1) is 8.17. The van der Waals surface area contributed by atoms with Gasteiger partial charge in [-0.3, -0.25) is 0 Å². The van der Waals surface area contributed by atoms with Crippen LogP contribution >= 0.6 is 11.3 Å². The van der Waals surface area contributed by atoms with Gasteiger partial charge in [0.25, 0.3) is 0 Å². The highest BCUT2D eigenvalue weighted by Gasteiger charge is 2.16. The van der Waals surface area contributed by atoms with E-state index >= 15 is 0 Å². The third-order valence-electron chi connectivity index (χ3n) is 1.90. The van der Waals surface area contributed by atoms with Crippen molar-refractivity contribution in [1.29, 1.82) is 0 Å². The average molecular weight is 257 g/mol. The Bertz CT molecular complexity index is 403. The molecule has 0 saturated heterocycles. The van der Waals surface area contributed by atoms with Crippen LogP contribution in [0.1, 0.15) is 26.2 Å². The summed E-state index contributed by atoms with van der Waals surface area (Å²) in [6, 6.07) is 0. The number of thiazole rings is 1. The lowest BCUT2D eigenvalue weighted by molar-refractivity contribution is -0.127. The molecule has 0 unspecified atom stereocenters. The second kappa shape index (κ2) is 6.85. The zero-order valence-corrected chi connectivity index (χ0v) is 10.6. The van der Waals surface area contributed by atoms with Crippen LogP contribution in [0.4, 0.5) is 5.13 Å². The van der Waals surface area contributed by atoms with Crippen LogP contribution in [-0.2, 0) is 9.63 Å². The Morgan fingerprint density at radius 3 is 2.94 bits per heavy atom. The van der Waals surface area contributed by atoms with Crippen LogP contribution in [-0.4, -0.2) is 23.8 Å². The quantitative estimate of drug-likeness (QED) is 0.477. The molecule has 2 N–H and O–H groups in total. The molecule has 0 radical (unpaired) electrons. The molecule has 7 heteroatoms. The predicted molar refractivity (Wildman–Crippen MR) is 66.1 cm³/mol. The van der Waals surface area contributed by atoms with Gasteiger partial charge in [0, 0.05) is 6.42 Å². The van der Waals surface area contributed by atoms with Crippen molar-refractivity contribution in [2.45, 2.75) is 26.2 Å². The summed E-state index contributed by atoms with van der Waals surface area (Å²) in [6.45, 7) is 2.02. The SMILES string of the molecule is CCCCC(=NOC)C(=O)Oc1csc(N)n1. The monoisotopic (exact) mass is 257 g/mol. The van der Waals surface area contributed by atoms with Gasteiger partial charge in [-0.25, -0.2) is 4.79 Å². The van der Waals surface area contributed by atoms with Gasteiger partial charge < -0.3 is 15.3 Å². The van der Waals surface area contributed by atoms with Gasteiger partial charge in [0.2, 0.25) is 5.88 Å². The number of hydrogen-bond acceptors (Lipinski definition) is 7. The number of nitrogen functional groups attached to an aromatic ring is 1. The maximum absolute atomic E-state index is 11.7. The molecule has 1 aromatic heterocycles. The Hall–Kier alpha value is -1.63. The van der Waals surface area contributed by atoms with Crippen LogP contribution in [0, 0.1) is 0 Å². The number of nitrogens with zero attached hydrogens (tertiary/aromatic N) is 2. The van der Waals surface area contributed by atoms with Gasteiger partial charge in [-0.05, 0) is 6.42 Å². The standard InChI is InChI=1S/C10H15N3O3S/c1-3-4-5-7(13-15-2)9(14)16-8-6-17-10(11)12-8/h6H,3-5H2,1-2H3,(H2,11,12). The van der Waals surface area contributed by atoms with E-state index in [0.29, 0.717) is 11.6 Å². The minimum absolute atomic E-state index is 0.192. The third-order valence-corrected chi connectivity index (χ3v) is 2.55. The minimum Gasteiger partial charge on any atom is -0.402 e. The first-order valence-corrected chi connectivity index (χ1v) is 6.08. The Morgan fingerprint density at radius 1 is 1.65 bits per heavy atom. The van der Waals surface area contributed by atoms with Gasteiger partial charge in [-0.1, -0.05) is 18.5 Å². The van der Waals surface area contributed by atoms with Crippen molar-refractivity contribution < 1.29 is 14.4 Å². The molecule has 0 fully saturated rings. The maximum Gasteiger partial charge on any atom is 0.362 e. The predicted octanol–water partition coefficient (Wildman–Crippen LogP) is 1.82. The van der Waals surface area contributed by atoms with Crippen LogP contribution in [0.15, 0.2) is 10.5 Å². The molecule has 0 bridgehead atoms. The van der Waals surface area contributed by atoms with E-state index < -0.39 is 5.97 Å². The van der Waals surface area contributed by atoms with Crippen molar-refractivity contribution in [3.05, 3.63) is 5.38 Å². The van der Waals surface area contributed by atoms with E-state index in [0.717, 1.165) is 12.8 Å². The van der Waals surface area contributed by atoms with Crippen molar-refractivity contribution >= 4 is 28.1 Å². The van der Waals surface area contributed by atoms with Crippen LogP contribution in [0.3, 0.4) is 0 Å². The highest BCUT2D eigenvalue weighted by atomic mass is 32.1. The molecule has 0 aliphatic rings. The van der Waals surface area contributed by atoms with E-state index in [9.17, 15) is 4.79 Å². The van der Waals surface area contributed by atoms with Crippen LogP contribution in [0.2, 0.25) is 0 Å². The number of rotatable bonds is 6. The van der Waals surface area contributed by atoms with Crippen molar-refractivity contribution in [3.63, 3.8) is 0 Å². The fourth-order valence-electron chi connectivity index (χ4n) is 1.11. The highest BCUT2D eigenvalue weighted by Crippen LogP contribution is 2.18. The first-order valence-electron chi connectivity index (χ1n) is 5.20. The number of ether oxygens (including phenoxy) is 1. The molecule has 0 spiro atoms. The average Bonchev–Trinajstić information content (AvgIpc) is 2.70. The van der Waals surface area contributed by atoms with Gasteiger partial charge in [0.05, 0.1) is 5.38 Å². The van der Waals surface area contributed by atoms with Gasteiger partial charge in [0.15, 0.2) is 10.8 Å². The van der Waals surface area contributed by atoms with Gasteiger partial charge in [-0.2, -0.15) is 4.98 Å². The lowest BCUT2D eigenvalue weighted by Crippen LogP contribution is -2.21. The molecular weight excluding hydrogens is 242 g/mol. The molecule has 1 aromatic rings. The summed E-state index contributed by atoms with van der Waals surface area (Å²) in [4.78, 5) is 20.1. The lowest BCUT2D eigenvalue weighted by atomic mass is 10.2. The molecule has 6 nitrogen and oxygen atoms in total. The smallest absolute Gasteiger partial charge is 0.362 e. The summed E-state index contributed by atoms with van der Waals surface area (Å²) in [6.07, 6.45) is 2.32. The van der Waals surface area contributed by atoms with Crippen LogP contribution in [0.25, 0.3) is 0 Å². The Kier molecular flexibility index (Phi) is 5.41. The van der Waals surface area contributed by atoms with Crippen molar-refractivity contribution in [1.82, 2.24) is 4.98 Å². The summed E-state index contributed by atoms with van der Waals surface area (Å²) in [5.74, 6) is -0.358. The number of carbonyl (C=O) groups excluding carboxylic acids is 1. The maximum atomic E-state index is 11.7. The Morgan fingerprint density at radius 2 is 2.41 bits per heavy atom. The van der Waals surface area contributed by atoms with Crippen molar-refractivity contribution in [2.24, 2.45) is 5.16 Å². The molecule has 0 saturated carbocycles. The summed E-state index contributed by atoms with van der Waals surface area (Å²) >= 11 is 1.21. The second-order valence-corrected chi connectivity index (χ2v) is 4.13. The number of nitrogens with two attached hydrogens (primary N) is 1. The number of anilines is 1. The molecule has 1 rings (SSSR count). The Labute approximate surface area is 103 Å². The minimum atomic E-state index is -0.550. The number of aromatic nitrogens is 1. The van der Waals surface area contributed by atoms with E-state index in [4.69, 9.17) is 10.5 Å². The largest absolute Gasteiger partial charge is 0.402 e. The molecule has 0 aliphatic carbocycles. The number of hydrogen-bond donors (Lipinski definition) is 1. The van der Waals surface area contributed by atoms with Gasteiger partial charge >= 0.3 is 5.97 Å². The van der Waals surface area contributed by atoms with E-state index in [-0.39, 0.29) is 11.6 Å². The third kappa shape index (κ3) is 4.39. The summed E-state index contributed by atoms with van der Waals surface area (Å²) in [5, 5.41) is 5.57. The van der Waals surface area contributed by atoms with Gasteiger partial charge in [0.1, 0.15) is 7.11 Å². The molecule has 0 amide bonds. The van der Waals surface area contributed by atoms with E-state index in [1.54, 1.807) is 5.38 Å². The zero-order chi connectivity index (χ0) is 12.7. The fraction of sp³-hybridized carbons (Fsp3) is 0.500. The van der Waals surface area contributed by atoms with Crippen molar-refractivity contribution in [2.75, 3.05) is 12.8 Å². The van der Waals surface area contributed by atoms with E-state index in [1.807, 2.05) is 6.92 Å². The topological polar surface area (TPSA) is 86.8 Å². The number of carbonyl (C=O) groups is 1. The highest BCUT2D eigenvalue weighted by molar-refractivity contribution is 7.13. The number of esters is 1. The molecular formula is C10H15N3O3S. The molecule has 94 valence electrons. The molecule has 0 aromatic carbocycles. The van der Waals surface area contributed by atoms with E-state index in [1.165, 1.54) is 18.4 Å². The van der Waals surface area contributed by atoms with Gasteiger partial charge in [-0.15, -0.1) is 11.3 Å². The molecule has 1 heterocycles.